The van der Waals surface area contributed by atoms with E-state index >= 15 is 0 Å². The summed E-state index contributed by atoms with van der Waals surface area (Å²) in [6.45, 7) is 7.58. The molecule has 0 radical (unpaired) electrons. The molecule has 0 saturated carbocycles. The maximum Gasteiger partial charge on any atom is 0.191 e. The quantitative estimate of drug-likeness (QED) is 0.384. The Kier molecular flexibility index (Phi) is 8.14. The van der Waals surface area contributed by atoms with E-state index in [9.17, 15) is 0 Å². The summed E-state index contributed by atoms with van der Waals surface area (Å²) in [6.07, 6.45) is 2.23. The first kappa shape index (κ1) is 20.9. The number of hydrogen-bond acceptors (Lipinski definition) is 5. The van der Waals surface area contributed by atoms with Gasteiger partial charge < -0.3 is 20.1 Å². The molecule has 0 unspecified atom stereocenters. The van der Waals surface area contributed by atoms with Crippen molar-refractivity contribution in [1.82, 2.24) is 25.4 Å². The Hall–Kier alpha value is -1.36. The van der Waals surface area contributed by atoms with Crippen LogP contribution in [0.15, 0.2) is 22.5 Å². The summed E-state index contributed by atoms with van der Waals surface area (Å²) in [7, 11) is 1.97. The van der Waals surface area contributed by atoms with E-state index in [2.05, 4.69) is 55.2 Å². The van der Waals surface area contributed by atoms with Gasteiger partial charge in [0, 0.05) is 32.7 Å². The Morgan fingerprint density at radius 2 is 2.12 bits per heavy atom. The van der Waals surface area contributed by atoms with Gasteiger partial charge in [-0.05, 0) is 44.2 Å². The number of rotatable bonds is 5. The van der Waals surface area contributed by atoms with E-state index in [1.54, 1.807) is 0 Å². The van der Waals surface area contributed by atoms with E-state index in [0.29, 0.717) is 12.6 Å². The molecule has 3 rings (SSSR count). The molecule has 1 aliphatic heterocycles. The SMILES string of the molecule is CCNC(=NCc1nnc(C)n1C)NC1CCN(c2cccs2)CC1.I. The summed E-state index contributed by atoms with van der Waals surface area (Å²) in [5.74, 6) is 2.64. The van der Waals surface area contributed by atoms with Crippen molar-refractivity contribution in [2.75, 3.05) is 24.5 Å². The summed E-state index contributed by atoms with van der Waals surface area (Å²) in [5, 5.41) is 18.7. The number of aliphatic imine (C=N–C) groups is 1. The van der Waals surface area contributed by atoms with Gasteiger partial charge in [0.1, 0.15) is 12.4 Å². The number of hydrogen-bond donors (Lipinski definition) is 2. The summed E-state index contributed by atoms with van der Waals surface area (Å²) in [6, 6.07) is 4.77. The fraction of sp³-hybridized carbons (Fsp3) is 0.588. The standard InChI is InChI=1S/C17H27N7S.HI/c1-4-18-17(19-12-15-22-21-13(2)23(15)3)20-14-7-9-24(10-8-14)16-6-5-11-25-16;/h5-6,11,14H,4,7-10,12H2,1-3H3,(H2,18,19,20);1H. The van der Waals surface area contributed by atoms with Gasteiger partial charge in [-0.15, -0.1) is 45.5 Å². The molecule has 144 valence electrons. The number of piperidine rings is 1. The molecule has 0 spiro atoms. The number of nitrogens with zero attached hydrogens (tertiary/aromatic N) is 5. The zero-order chi connectivity index (χ0) is 17.6. The van der Waals surface area contributed by atoms with Crippen LogP contribution in [0.1, 0.15) is 31.4 Å². The number of anilines is 1. The lowest BCUT2D eigenvalue weighted by molar-refractivity contribution is 0.462. The minimum Gasteiger partial charge on any atom is -0.363 e. The normalized spacial score (nSPS) is 15.7. The van der Waals surface area contributed by atoms with Crippen molar-refractivity contribution in [3.8, 4) is 0 Å². The van der Waals surface area contributed by atoms with Crippen LogP contribution < -0.4 is 15.5 Å². The molecule has 0 aliphatic carbocycles. The number of thiophene rings is 1. The number of aryl methyl sites for hydroxylation is 1. The molecule has 1 saturated heterocycles. The zero-order valence-electron chi connectivity index (χ0n) is 15.6. The second-order valence-electron chi connectivity index (χ2n) is 6.27. The van der Waals surface area contributed by atoms with Crippen LogP contribution in [-0.4, -0.2) is 46.4 Å². The highest BCUT2D eigenvalue weighted by Gasteiger charge is 2.20. The molecule has 9 heteroatoms. The average molecular weight is 489 g/mol. The van der Waals surface area contributed by atoms with E-state index in [0.717, 1.165) is 50.1 Å². The Bertz CT molecular complexity index is 690. The van der Waals surface area contributed by atoms with Gasteiger partial charge in [-0.25, -0.2) is 4.99 Å². The van der Waals surface area contributed by atoms with E-state index < -0.39 is 0 Å². The highest BCUT2D eigenvalue weighted by atomic mass is 127. The molecular weight excluding hydrogens is 461 g/mol. The Morgan fingerprint density at radius 3 is 2.69 bits per heavy atom. The fourth-order valence-corrected chi connectivity index (χ4v) is 3.73. The third-order valence-electron chi connectivity index (χ3n) is 4.56. The van der Waals surface area contributed by atoms with E-state index in [1.807, 2.05) is 29.9 Å². The largest absolute Gasteiger partial charge is 0.363 e. The smallest absolute Gasteiger partial charge is 0.191 e. The van der Waals surface area contributed by atoms with Crippen LogP contribution in [0.3, 0.4) is 0 Å². The van der Waals surface area contributed by atoms with Crippen molar-refractivity contribution in [3.05, 3.63) is 29.2 Å². The van der Waals surface area contributed by atoms with Gasteiger partial charge in [0.2, 0.25) is 0 Å². The van der Waals surface area contributed by atoms with Gasteiger partial charge in [-0.3, -0.25) is 0 Å². The van der Waals surface area contributed by atoms with Crippen LogP contribution in [0.2, 0.25) is 0 Å². The van der Waals surface area contributed by atoms with Gasteiger partial charge in [-0.1, -0.05) is 0 Å². The van der Waals surface area contributed by atoms with E-state index in [1.165, 1.54) is 5.00 Å². The molecule has 0 bridgehead atoms. The van der Waals surface area contributed by atoms with Gasteiger partial charge in [0.15, 0.2) is 11.8 Å². The zero-order valence-corrected chi connectivity index (χ0v) is 18.8. The second kappa shape index (κ2) is 10.1. The van der Waals surface area contributed by atoms with Crippen LogP contribution in [0.25, 0.3) is 0 Å². The minimum absolute atomic E-state index is 0. The Balaban J connectivity index is 0.00000243. The molecule has 2 aromatic rings. The molecule has 0 amide bonds. The Labute approximate surface area is 176 Å². The molecule has 3 heterocycles. The van der Waals surface area contributed by atoms with Gasteiger partial charge in [-0.2, -0.15) is 0 Å². The highest BCUT2D eigenvalue weighted by molar-refractivity contribution is 14.0. The average Bonchev–Trinajstić information content (AvgIpc) is 3.26. The highest BCUT2D eigenvalue weighted by Crippen LogP contribution is 2.24. The van der Waals surface area contributed by atoms with Crippen LogP contribution in [0.5, 0.6) is 0 Å². The van der Waals surface area contributed by atoms with Gasteiger partial charge in [0.05, 0.1) is 5.00 Å². The third-order valence-corrected chi connectivity index (χ3v) is 5.49. The van der Waals surface area contributed by atoms with Crippen LogP contribution in [0.4, 0.5) is 5.00 Å². The Morgan fingerprint density at radius 1 is 1.35 bits per heavy atom. The van der Waals surface area contributed by atoms with Crippen molar-refractivity contribution in [2.24, 2.45) is 12.0 Å². The van der Waals surface area contributed by atoms with Crippen LogP contribution in [-0.2, 0) is 13.6 Å². The summed E-state index contributed by atoms with van der Waals surface area (Å²) in [4.78, 5) is 7.15. The predicted octanol–water partition coefficient (Wildman–Crippen LogP) is 2.53. The molecule has 1 fully saturated rings. The van der Waals surface area contributed by atoms with Crippen molar-refractivity contribution in [3.63, 3.8) is 0 Å². The first-order chi connectivity index (χ1) is 12.2. The molecule has 1 aliphatic rings. The fourth-order valence-electron chi connectivity index (χ4n) is 2.95. The molecule has 7 nitrogen and oxygen atoms in total. The maximum atomic E-state index is 4.68. The van der Waals surface area contributed by atoms with E-state index in [-0.39, 0.29) is 24.0 Å². The first-order valence-corrected chi connectivity index (χ1v) is 9.73. The van der Waals surface area contributed by atoms with Crippen molar-refractivity contribution in [1.29, 1.82) is 0 Å². The lowest BCUT2D eigenvalue weighted by Crippen LogP contribution is -2.48. The molecular formula is C17H28IN7S. The lowest BCUT2D eigenvalue weighted by atomic mass is 10.1. The molecule has 2 N–H and O–H groups in total. The molecule has 0 aromatic carbocycles. The van der Waals surface area contributed by atoms with Crippen molar-refractivity contribution >= 4 is 46.3 Å². The van der Waals surface area contributed by atoms with E-state index in [4.69, 9.17) is 0 Å². The number of aromatic nitrogens is 3. The molecule has 2 aromatic heterocycles. The minimum atomic E-state index is 0. The lowest BCUT2D eigenvalue weighted by Gasteiger charge is -2.33. The van der Waals surface area contributed by atoms with Crippen LogP contribution >= 0.6 is 35.3 Å². The molecule has 0 atom stereocenters. The number of nitrogens with one attached hydrogen (secondary N) is 2. The number of halogens is 1. The predicted molar refractivity (Wildman–Crippen MR) is 119 cm³/mol. The first-order valence-electron chi connectivity index (χ1n) is 8.85. The molecule has 26 heavy (non-hydrogen) atoms. The topological polar surface area (TPSA) is 70.4 Å². The van der Waals surface area contributed by atoms with Gasteiger partial charge >= 0.3 is 0 Å². The summed E-state index contributed by atoms with van der Waals surface area (Å²) in [5.41, 5.74) is 0. The van der Waals surface area contributed by atoms with Crippen molar-refractivity contribution < 1.29 is 0 Å². The van der Waals surface area contributed by atoms with Crippen LogP contribution in [0, 0.1) is 6.92 Å². The summed E-state index contributed by atoms with van der Waals surface area (Å²) < 4.78 is 1.98. The third kappa shape index (κ3) is 5.32. The number of guanidine groups is 1. The second-order valence-corrected chi connectivity index (χ2v) is 7.20. The maximum absolute atomic E-state index is 4.68. The van der Waals surface area contributed by atoms with Crippen molar-refractivity contribution in [2.45, 2.75) is 39.3 Å². The monoisotopic (exact) mass is 489 g/mol. The summed E-state index contributed by atoms with van der Waals surface area (Å²) >= 11 is 1.82. The van der Waals surface area contributed by atoms with Gasteiger partial charge in [0.25, 0.3) is 0 Å².